The monoisotopic (exact) mass is 538 g/mol. The van der Waals surface area contributed by atoms with Gasteiger partial charge in [0.05, 0.1) is 23.8 Å². The Morgan fingerprint density at radius 1 is 1.05 bits per heavy atom. The molecule has 3 aromatic rings. The molecular formula is C26H30N6O5S. The van der Waals surface area contributed by atoms with E-state index >= 15 is 0 Å². The highest BCUT2D eigenvalue weighted by atomic mass is 32.2. The number of aliphatic hydroxyl groups excluding tert-OH is 1. The number of carbonyl (C=O) groups is 1. The Labute approximate surface area is 221 Å². The minimum absolute atomic E-state index is 0.00558. The number of ether oxygens (including phenoxy) is 1. The lowest BCUT2D eigenvalue weighted by Gasteiger charge is -2.29. The molecule has 0 atom stereocenters. The van der Waals surface area contributed by atoms with Gasteiger partial charge in [-0.3, -0.25) is 4.98 Å². The molecule has 200 valence electrons. The van der Waals surface area contributed by atoms with Crippen molar-refractivity contribution in [2.24, 2.45) is 0 Å². The van der Waals surface area contributed by atoms with Gasteiger partial charge < -0.3 is 25.4 Å². The van der Waals surface area contributed by atoms with Crippen molar-refractivity contribution in [2.45, 2.75) is 28.9 Å². The van der Waals surface area contributed by atoms with Crippen LogP contribution in [0.1, 0.15) is 25.0 Å². The van der Waals surface area contributed by atoms with E-state index in [0.29, 0.717) is 80.7 Å². The Morgan fingerprint density at radius 3 is 2.42 bits per heavy atom. The topological polar surface area (TPSA) is 147 Å². The fraction of sp³-hybridized carbons (Fsp3) is 0.385. The van der Waals surface area contributed by atoms with Gasteiger partial charge in [-0.2, -0.15) is 0 Å². The third-order valence-corrected chi connectivity index (χ3v) is 9.25. The predicted octanol–water partition coefficient (Wildman–Crippen LogP) is 2.34. The number of urea groups is 1. The van der Waals surface area contributed by atoms with Gasteiger partial charge in [0.1, 0.15) is 10.6 Å². The summed E-state index contributed by atoms with van der Waals surface area (Å²) in [6.45, 7) is 2.80. The van der Waals surface area contributed by atoms with Gasteiger partial charge in [-0.05, 0) is 55.7 Å². The molecule has 3 N–H and O–H groups in total. The van der Waals surface area contributed by atoms with Gasteiger partial charge in [0.15, 0.2) is 15.7 Å². The molecule has 0 bridgehead atoms. The number of anilines is 2. The molecule has 1 aliphatic carbocycles. The maximum atomic E-state index is 13.7. The van der Waals surface area contributed by atoms with Gasteiger partial charge in [-0.25, -0.2) is 23.2 Å². The Hall–Kier alpha value is -3.61. The van der Waals surface area contributed by atoms with Crippen molar-refractivity contribution in [3.8, 4) is 11.4 Å². The number of benzene rings is 1. The first-order valence-electron chi connectivity index (χ1n) is 12.6. The maximum absolute atomic E-state index is 13.7. The summed E-state index contributed by atoms with van der Waals surface area (Å²) in [5, 5.41) is 14.3. The second kappa shape index (κ2) is 11.0. The Bertz CT molecular complexity index is 1370. The summed E-state index contributed by atoms with van der Waals surface area (Å²) in [5.41, 5.74) is 1.76. The van der Waals surface area contributed by atoms with E-state index in [1.165, 1.54) is 24.5 Å². The van der Waals surface area contributed by atoms with Crippen molar-refractivity contribution in [3.05, 3.63) is 60.6 Å². The van der Waals surface area contributed by atoms with Crippen molar-refractivity contribution in [1.82, 2.24) is 20.3 Å². The number of sulfone groups is 1. The Balaban J connectivity index is 1.47. The van der Waals surface area contributed by atoms with Crippen molar-refractivity contribution in [1.29, 1.82) is 0 Å². The summed E-state index contributed by atoms with van der Waals surface area (Å²) < 4.78 is 31.8. The van der Waals surface area contributed by atoms with Gasteiger partial charge in [0.2, 0.25) is 0 Å². The van der Waals surface area contributed by atoms with E-state index in [0.717, 1.165) is 0 Å². The van der Waals surface area contributed by atoms with E-state index in [1.807, 2.05) is 0 Å². The number of morpholine rings is 1. The summed E-state index contributed by atoms with van der Waals surface area (Å²) >= 11 is 0. The zero-order valence-electron chi connectivity index (χ0n) is 20.8. The Kier molecular flexibility index (Phi) is 7.54. The lowest BCUT2D eigenvalue weighted by atomic mass is 10.1. The number of carbonyl (C=O) groups excluding carboxylic acids is 1. The molecule has 2 amide bonds. The van der Waals surface area contributed by atoms with E-state index in [2.05, 4.69) is 20.5 Å². The molecule has 1 saturated heterocycles. The van der Waals surface area contributed by atoms with Crippen LogP contribution in [-0.4, -0.2) is 74.0 Å². The molecule has 2 aliphatic rings. The van der Waals surface area contributed by atoms with Crippen LogP contribution in [0, 0.1) is 0 Å². The summed E-state index contributed by atoms with van der Waals surface area (Å²) in [4.78, 5) is 27.9. The number of hydrogen-bond donors (Lipinski definition) is 3. The molecule has 3 heterocycles. The molecular weight excluding hydrogens is 508 g/mol. The maximum Gasteiger partial charge on any atom is 0.319 e. The third-order valence-electron chi connectivity index (χ3n) is 6.71. The molecule has 1 aliphatic heterocycles. The van der Waals surface area contributed by atoms with Crippen LogP contribution in [0.3, 0.4) is 0 Å². The van der Waals surface area contributed by atoms with Crippen LogP contribution in [-0.2, 0) is 19.3 Å². The first kappa shape index (κ1) is 26.0. The molecule has 0 spiro atoms. The highest BCUT2D eigenvalue weighted by Crippen LogP contribution is 2.55. The van der Waals surface area contributed by atoms with E-state index in [1.54, 1.807) is 30.3 Å². The van der Waals surface area contributed by atoms with E-state index in [4.69, 9.17) is 19.8 Å². The van der Waals surface area contributed by atoms with Crippen LogP contribution < -0.4 is 15.5 Å². The molecule has 2 aromatic heterocycles. The van der Waals surface area contributed by atoms with Crippen LogP contribution in [0.25, 0.3) is 11.4 Å². The number of rotatable bonds is 9. The smallest absolute Gasteiger partial charge is 0.319 e. The first-order valence-corrected chi connectivity index (χ1v) is 14.0. The minimum Gasteiger partial charge on any atom is -0.396 e. The number of pyridine rings is 1. The van der Waals surface area contributed by atoms with Crippen molar-refractivity contribution < 1.29 is 23.1 Å². The molecule has 5 rings (SSSR count). The van der Waals surface area contributed by atoms with Gasteiger partial charge in [0, 0.05) is 56.0 Å². The first-order chi connectivity index (χ1) is 18.4. The van der Waals surface area contributed by atoms with Crippen molar-refractivity contribution in [3.63, 3.8) is 0 Å². The van der Waals surface area contributed by atoms with Crippen LogP contribution in [0.2, 0.25) is 0 Å². The van der Waals surface area contributed by atoms with Gasteiger partial charge in [0.25, 0.3) is 0 Å². The number of nitrogens with zero attached hydrogens (tertiary/aromatic N) is 4. The third kappa shape index (κ3) is 5.33. The van der Waals surface area contributed by atoms with E-state index in [-0.39, 0.29) is 17.5 Å². The quantitative estimate of drug-likeness (QED) is 0.349. The fourth-order valence-electron chi connectivity index (χ4n) is 4.43. The highest BCUT2D eigenvalue weighted by molar-refractivity contribution is 7.92. The fourth-order valence-corrected chi connectivity index (χ4v) is 6.38. The van der Waals surface area contributed by atoms with Crippen LogP contribution >= 0.6 is 0 Å². The molecule has 0 radical (unpaired) electrons. The summed E-state index contributed by atoms with van der Waals surface area (Å²) in [6.07, 6.45) is 4.39. The zero-order chi connectivity index (χ0) is 26.6. The predicted molar refractivity (Wildman–Crippen MR) is 142 cm³/mol. The normalized spacial score (nSPS) is 16.6. The molecule has 1 aromatic carbocycles. The lowest BCUT2D eigenvalue weighted by Crippen LogP contribution is -2.37. The molecule has 1 saturated carbocycles. The van der Waals surface area contributed by atoms with Gasteiger partial charge >= 0.3 is 6.03 Å². The number of aromatic nitrogens is 3. The van der Waals surface area contributed by atoms with Crippen molar-refractivity contribution >= 4 is 27.4 Å². The minimum atomic E-state index is -3.70. The summed E-state index contributed by atoms with van der Waals surface area (Å²) in [6, 6.07) is 11.5. The Morgan fingerprint density at radius 2 is 1.76 bits per heavy atom. The zero-order valence-corrected chi connectivity index (χ0v) is 21.7. The number of amides is 2. The van der Waals surface area contributed by atoms with Crippen LogP contribution in [0.15, 0.2) is 59.8 Å². The summed E-state index contributed by atoms with van der Waals surface area (Å²) in [5.74, 6) is 1.08. The van der Waals surface area contributed by atoms with Crippen molar-refractivity contribution in [2.75, 3.05) is 49.7 Å². The van der Waals surface area contributed by atoms with Crippen LogP contribution in [0.5, 0.6) is 0 Å². The number of hydrogen-bond acceptors (Lipinski definition) is 9. The second-order valence-electron chi connectivity index (χ2n) is 9.25. The molecule has 38 heavy (non-hydrogen) atoms. The standard InChI is InChI=1S/C26H30N6O5S/c33-15-1-10-28-25(34)29-20-4-2-19(3-5-20)24-30-22(18-23(31-24)32-13-16-37-17-14-32)26(8-9-26)38(35,36)21-6-11-27-12-7-21/h2-7,11-12,18,33H,1,8-10,13-17H2,(H2,28,29,34). The second-order valence-corrected chi connectivity index (χ2v) is 11.5. The highest BCUT2D eigenvalue weighted by Gasteiger charge is 2.58. The molecule has 2 fully saturated rings. The summed E-state index contributed by atoms with van der Waals surface area (Å²) in [7, 11) is -3.70. The van der Waals surface area contributed by atoms with Crippen LogP contribution in [0.4, 0.5) is 16.3 Å². The number of aliphatic hydroxyl groups is 1. The SMILES string of the molecule is O=C(NCCCO)Nc1ccc(-c2nc(N3CCOCC3)cc(C3(S(=O)(=O)c4ccncc4)CC3)n2)cc1. The lowest BCUT2D eigenvalue weighted by molar-refractivity contribution is 0.122. The largest absolute Gasteiger partial charge is 0.396 e. The average Bonchev–Trinajstić information content (AvgIpc) is 3.77. The van der Waals surface area contributed by atoms with Gasteiger partial charge in [-0.15, -0.1) is 0 Å². The van der Waals surface area contributed by atoms with E-state index < -0.39 is 14.6 Å². The van der Waals surface area contributed by atoms with Gasteiger partial charge in [-0.1, -0.05) is 0 Å². The molecule has 12 heteroatoms. The number of nitrogens with one attached hydrogen (secondary N) is 2. The molecule has 0 unspecified atom stereocenters. The average molecular weight is 539 g/mol. The molecule has 11 nitrogen and oxygen atoms in total. The van der Waals surface area contributed by atoms with E-state index in [9.17, 15) is 13.2 Å².